The zero-order valence-electron chi connectivity index (χ0n) is 10.5. The van der Waals surface area contributed by atoms with E-state index in [1.165, 1.54) is 4.90 Å². The molecule has 5 heteroatoms. The van der Waals surface area contributed by atoms with Gasteiger partial charge in [-0.05, 0) is 18.2 Å². The summed E-state index contributed by atoms with van der Waals surface area (Å²) >= 11 is 0. The number of nitrogens with one attached hydrogen (secondary N) is 2. The zero-order valence-corrected chi connectivity index (χ0v) is 10.5. The Balaban J connectivity index is 3.18. The molecule has 0 saturated carbocycles. The van der Waals surface area contributed by atoms with E-state index >= 15 is 0 Å². The first-order valence-electron chi connectivity index (χ1n) is 5.26. The normalized spacial score (nSPS) is 9.65. The average Bonchev–Trinajstić information content (AvgIpc) is 2.35. The number of rotatable bonds is 3. The van der Waals surface area contributed by atoms with Crippen molar-refractivity contribution in [3.63, 3.8) is 0 Å². The van der Waals surface area contributed by atoms with Gasteiger partial charge in [0.05, 0.1) is 5.56 Å². The molecule has 0 bridgehead atoms. The van der Waals surface area contributed by atoms with E-state index in [0.717, 1.165) is 0 Å². The topological polar surface area (TPSA) is 61.4 Å². The van der Waals surface area contributed by atoms with Gasteiger partial charge in [-0.2, -0.15) is 0 Å². The van der Waals surface area contributed by atoms with Gasteiger partial charge in [0.2, 0.25) is 0 Å². The van der Waals surface area contributed by atoms with Crippen LogP contribution in [0.3, 0.4) is 0 Å². The summed E-state index contributed by atoms with van der Waals surface area (Å²) in [6, 6.07) is 4.95. The molecule has 17 heavy (non-hydrogen) atoms. The minimum Gasteiger partial charge on any atom is -0.387 e. The quantitative estimate of drug-likeness (QED) is 0.814. The molecule has 1 rings (SSSR count). The van der Waals surface area contributed by atoms with E-state index < -0.39 is 0 Å². The summed E-state index contributed by atoms with van der Waals surface area (Å²) in [7, 11) is 6.67. The minimum absolute atomic E-state index is 0.0993. The van der Waals surface area contributed by atoms with Crippen LogP contribution in [0, 0.1) is 0 Å². The van der Waals surface area contributed by atoms with Crippen molar-refractivity contribution in [2.45, 2.75) is 0 Å². The van der Waals surface area contributed by atoms with E-state index in [-0.39, 0.29) is 11.8 Å². The first-order chi connectivity index (χ1) is 8.01. The highest BCUT2D eigenvalue weighted by Gasteiger charge is 2.14. The molecule has 0 heterocycles. The van der Waals surface area contributed by atoms with E-state index in [2.05, 4.69) is 10.6 Å². The van der Waals surface area contributed by atoms with Crippen LogP contribution in [-0.4, -0.2) is 44.9 Å². The molecule has 2 amide bonds. The third-order valence-electron chi connectivity index (χ3n) is 2.41. The van der Waals surface area contributed by atoms with E-state index in [0.29, 0.717) is 16.8 Å². The van der Waals surface area contributed by atoms with Crippen LogP contribution in [0.4, 0.5) is 5.69 Å². The molecular formula is C12H17N3O2. The van der Waals surface area contributed by atoms with Crippen molar-refractivity contribution >= 4 is 17.5 Å². The lowest BCUT2D eigenvalue weighted by Crippen LogP contribution is -2.23. The van der Waals surface area contributed by atoms with Gasteiger partial charge in [0.15, 0.2) is 0 Å². The lowest BCUT2D eigenvalue weighted by atomic mass is 10.1. The maximum absolute atomic E-state index is 11.9. The van der Waals surface area contributed by atoms with E-state index in [1.807, 2.05) is 0 Å². The second-order valence-corrected chi connectivity index (χ2v) is 3.79. The van der Waals surface area contributed by atoms with Gasteiger partial charge in [-0.15, -0.1) is 0 Å². The molecule has 0 atom stereocenters. The van der Waals surface area contributed by atoms with Crippen molar-refractivity contribution < 1.29 is 9.59 Å². The maximum Gasteiger partial charge on any atom is 0.255 e. The van der Waals surface area contributed by atoms with Crippen LogP contribution in [0.1, 0.15) is 20.7 Å². The molecule has 92 valence electrons. The Morgan fingerprint density at radius 2 is 1.82 bits per heavy atom. The van der Waals surface area contributed by atoms with E-state index in [1.54, 1.807) is 46.4 Å². The second-order valence-electron chi connectivity index (χ2n) is 3.79. The monoisotopic (exact) mass is 235 g/mol. The number of hydrogen-bond donors (Lipinski definition) is 2. The van der Waals surface area contributed by atoms with E-state index in [4.69, 9.17) is 0 Å². The highest BCUT2D eigenvalue weighted by molar-refractivity contribution is 6.02. The second kappa shape index (κ2) is 5.34. The molecule has 1 aromatic rings. The maximum atomic E-state index is 11.9. The van der Waals surface area contributed by atoms with Crippen LogP contribution in [-0.2, 0) is 0 Å². The first kappa shape index (κ1) is 13.0. The van der Waals surface area contributed by atoms with Gasteiger partial charge in [-0.3, -0.25) is 9.59 Å². The summed E-state index contributed by atoms with van der Waals surface area (Å²) in [5.74, 6) is -0.275. The lowest BCUT2D eigenvalue weighted by Gasteiger charge is -2.14. The summed E-state index contributed by atoms with van der Waals surface area (Å²) in [5, 5.41) is 5.47. The van der Waals surface area contributed by atoms with Gasteiger partial charge in [0.1, 0.15) is 0 Å². The minimum atomic E-state index is -0.176. The van der Waals surface area contributed by atoms with Gasteiger partial charge in [0.25, 0.3) is 11.8 Å². The molecule has 1 aromatic carbocycles. The summed E-state index contributed by atoms with van der Waals surface area (Å²) in [5.41, 5.74) is 1.71. The Bertz CT molecular complexity index is 441. The predicted molar refractivity (Wildman–Crippen MR) is 67.4 cm³/mol. The smallest absolute Gasteiger partial charge is 0.255 e. The van der Waals surface area contributed by atoms with Crippen molar-refractivity contribution in [3.05, 3.63) is 29.3 Å². The number of nitrogens with zero attached hydrogens (tertiary/aromatic N) is 1. The average molecular weight is 235 g/mol. The molecule has 0 unspecified atom stereocenters. The highest BCUT2D eigenvalue weighted by atomic mass is 16.2. The largest absolute Gasteiger partial charge is 0.387 e. The Labute approximate surface area is 101 Å². The highest BCUT2D eigenvalue weighted by Crippen LogP contribution is 2.18. The number of carbonyl (C=O) groups is 2. The Morgan fingerprint density at radius 1 is 1.18 bits per heavy atom. The third kappa shape index (κ3) is 2.75. The first-order valence-corrected chi connectivity index (χ1v) is 5.26. The molecule has 0 radical (unpaired) electrons. The van der Waals surface area contributed by atoms with Crippen LogP contribution in [0.2, 0.25) is 0 Å². The standard InChI is InChI=1S/C12H17N3O2/c1-13-10-7-8(11(16)14-2)5-6-9(10)12(17)15(3)4/h5-7,13H,1-4H3,(H,14,16). The van der Waals surface area contributed by atoms with Crippen molar-refractivity contribution in [1.29, 1.82) is 0 Å². The van der Waals surface area contributed by atoms with Crippen LogP contribution in [0.15, 0.2) is 18.2 Å². The Kier molecular flexibility index (Phi) is 4.09. The Hall–Kier alpha value is -2.04. The molecule has 5 nitrogen and oxygen atoms in total. The number of benzene rings is 1. The summed E-state index contributed by atoms with van der Waals surface area (Å²) < 4.78 is 0. The molecule has 0 spiro atoms. The van der Waals surface area contributed by atoms with Crippen LogP contribution >= 0.6 is 0 Å². The van der Waals surface area contributed by atoms with Crippen molar-refractivity contribution in [2.24, 2.45) is 0 Å². The van der Waals surface area contributed by atoms with Crippen LogP contribution in [0.25, 0.3) is 0 Å². The molecule has 0 aliphatic carbocycles. The fourth-order valence-electron chi connectivity index (χ4n) is 1.46. The number of amides is 2. The summed E-state index contributed by atoms with van der Waals surface area (Å²) in [6.07, 6.45) is 0. The predicted octanol–water partition coefficient (Wildman–Crippen LogP) is 0.790. The number of hydrogen-bond acceptors (Lipinski definition) is 3. The molecular weight excluding hydrogens is 218 g/mol. The van der Waals surface area contributed by atoms with E-state index in [9.17, 15) is 9.59 Å². The number of anilines is 1. The van der Waals surface area contributed by atoms with Gasteiger partial charge in [-0.25, -0.2) is 0 Å². The third-order valence-corrected chi connectivity index (χ3v) is 2.41. The van der Waals surface area contributed by atoms with Gasteiger partial charge < -0.3 is 15.5 Å². The fourth-order valence-corrected chi connectivity index (χ4v) is 1.46. The molecule has 0 aliphatic rings. The summed E-state index contributed by atoms with van der Waals surface area (Å²) in [6.45, 7) is 0. The van der Waals surface area contributed by atoms with Crippen molar-refractivity contribution in [3.8, 4) is 0 Å². The van der Waals surface area contributed by atoms with Gasteiger partial charge in [0, 0.05) is 39.4 Å². The Morgan fingerprint density at radius 3 is 2.29 bits per heavy atom. The van der Waals surface area contributed by atoms with Gasteiger partial charge >= 0.3 is 0 Å². The SMILES string of the molecule is CNC(=O)c1ccc(C(=O)N(C)C)c(NC)c1. The zero-order chi connectivity index (χ0) is 13.0. The van der Waals surface area contributed by atoms with Crippen LogP contribution in [0.5, 0.6) is 0 Å². The van der Waals surface area contributed by atoms with Gasteiger partial charge in [-0.1, -0.05) is 0 Å². The molecule has 0 aliphatic heterocycles. The molecule has 0 aromatic heterocycles. The summed E-state index contributed by atoms with van der Waals surface area (Å²) in [4.78, 5) is 24.8. The van der Waals surface area contributed by atoms with Crippen LogP contribution < -0.4 is 10.6 Å². The lowest BCUT2D eigenvalue weighted by molar-refractivity contribution is 0.0827. The number of carbonyl (C=O) groups excluding carboxylic acids is 2. The molecule has 2 N–H and O–H groups in total. The molecule has 0 saturated heterocycles. The van der Waals surface area contributed by atoms with Crippen molar-refractivity contribution in [1.82, 2.24) is 10.2 Å². The van der Waals surface area contributed by atoms with Crippen molar-refractivity contribution in [2.75, 3.05) is 33.5 Å². The fraction of sp³-hybridized carbons (Fsp3) is 0.333. The molecule has 0 fully saturated rings.